The van der Waals surface area contributed by atoms with Crippen LogP contribution in [0.4, 0.5) is 4.79 Å². The van der Waals surface area contributed by atoms with E-state index in [9.17, 15) is 9.59 Å². The average molecular weight is 352 g/mol. The molecular formula is C4H2Br3NO3. The number of alkyl halides is 3. The van der Waals surface area contributed by atoms with Crippen LogP contribution in [-0.4, -0.2) is 20.9 Å². The summed E-state index contributed by atoms with van der Waals surface area (Å²) in [7, 11) is 0. The van der Waals surface area contributed by atoms with Crippen molar-refractivity contribution < 1.29 is 14.3 Å². The lowest BCUT2D eigenvalue weighted by molar-refractivity contribution is 0.162. The molecule has 0 atom stereocenters. The lowest BCUT2D eigenvalue weighted by atomic mass is 10.8. The molecule has 0 aromatic carbocycles. The van der Waals surface area contributed by atoms with E-state index in [4.69, 9.17) is 0 Å². The molecular weight excluding hydrogens is 350 g/mol. The summed E-state index contributed by atoms with van der Waals surface area (Å²) in [6.45, 7) is -0.00296. The number of nitrogens with zero attached hydrogens (tertiary/aromatic N) is 1. The number of hydrogen-bond acceptors (Lipinski definition) is 3. The third-order valence-corrected chi connectivity index (χ3v) is 1.18. The molecule has 0 N–H and O–H groups in total. The minimum atomic E-state index is -0.970. The number of hydrogen-bond donors (Lipinski definition) is 0. The zero-order valence-electron chi connectivity index (χ0n) is 5.01. The second-order valence-electron chi connectivity index (χ2n) is 1.37. The zero-order valence-corrected chi connectivity index (χ0v) is 9.77. The molecule has 7 heteroatoms. The van der Waals surface area contributed by atoms with Crippen LogP contribution in [0.2, 0.25) is 0 Å². The van der Waals surface area contributed by atoms with Crippen molar-refractivity contribution in [3.05, 3.63) is 0 Å². The number of aliphatic imine (C=N–C) groups is 1. The van der Waals surface area contributed by atoms with Gasteiger partial charge in [0.2, 0.25) is 6.08 Å². The van der Waals surface area contributed by atoms with Gasteiger partial charge >= 0.3 is 6.09 Å². The molecule has 0 fully saturated rings. The molecule has 11 heavy (non-hydrogen) atoms. The van der Waals surface area contributed by atoms with Crippen molar-refractivity contribution in [1.29, 1.82) is 0 Å². The highest BCUT2D eigenvalue weighted by atomic mass is 80.0. The van der Waals surface area contributed by atoms with Crippen LogP contribution >= 0.6 is 47.8 Å². The number of carbonyl (C=O) groups is 1. The molecule has 1 amide bonds. The molecule has 0 rings (SSSR count). The van der Waals surface area contributed by atoms with Crippen molar-refractivity contribution in [1.82, 2.24) is 0 Å². The second kappa shape index (κ2) is 5.03. The largest absolute Gasteiger partial charge is 0.444 e. The van der Waals surface area contributed by atoms with E-state index in [2.05, 4.69) is 57.5 Å². The maximum Gasteiger partial charge on any atom is 0.444 e. The first-order valence-electron chi connectivity index (χ1n) is 2.27. The standard InChI is InChI=1S/C4H2Br3NO3/c5-4(6,7)1-11-3(10)8-2-9/h1H2. The SMILES string of the molecule is O=C=NC(=O)OCC(Br)(Br)Br. The normalized spacial score (nSPS) is 10.1. The first-order valence-corrected chi connectivity index (χ1v) is 4.65. The van der Waals surface area contributed by atoms with Crippen LogP contribution in [-0.2, 0) is 9.53 Å². The van der Waals surface area contributed by atoms with Crippen LogP contribution in [0, 0.1) is 0 Å². The molecule has 0 aromatic rings. The Balaban J connectivity index is 3.72. The Morgan fingerprint density at radius 1 is 1.55 bits per heavy atom. The van der Waals surface area contributed by atoms with Gasteiger partial charge in [-0.15, -0.1) is 0 Å². The molecule has 62 valence electrons. The van der Waals surface area contributed by atoms with Crippen molar-refractivity contribution in [2.75, 3.05) is 6.61 Å². The van der Waals surface area contributed by atoms with Gasteiger partial charge in [0.15, 0.2) is 2.14 Å². The van der Waals surface area contributed by atoms with Crippen molar-refractivity contribution in [3.8, 4) is 0 Å². The maximum atomic E-state index is 10.4. The van der Waals surface area contributed by atoms with Gasteiger partial charge in [0.25, 0.3) is 0 Å². The number of halogens is 3. The molecule has 0 aromatic heterocycles. The molecule has 0 saturated carbocycles. The van der Waals surface area contributed by atoms with Gasteiger partial charge in [-0.2, -0.15) is 0 Å². The molecule has 4 nitrogen and oxygen atoms in total. The summed E-state index contributed by atoms with van der Waals surface area (Å²) in [6, 6.07) is 0. The first-order chi connectivity index (χ1) is 4.95. The Bertz CT molecular complexity index is 193. The molecule has 0 aliphatic heterocycles. The molecule has 0 unspecified atom stereocenters. The summed E-state index contributed by atoms with van der Waals surface area (Å²) in [4.78, 5) is 22.6. The predicted molar refractivity (Wildman–Crippen MR) is 49.0 cm³/mol. The van der Waals surface area contributed by atoms with E-state index in [1.807, 2.05) is 0 Å². The summed E-state index contributed by atoms with van der Waals surface area (Å²) in [5, 5.41) is 0. The van der Waals surface area contributed by atoms with Gasteiger partial charge in [0.1, 0.15) is 6.61 Å². The van der Waals surface area contributed by atoms with Crippen molar-refractivity contribution in [2.24, 2.45) is 4.99 Å². The van der Waals surface area contributed by atoms with E-state index in [0.717, 1.165) is 6.08 Å². The van der Waals surface area contributed by atoms with Crippen molar-refractivity contribution >= 4 is 60.0 Å². The summed E-state index contributed by atoms with van der Waals surface area (Å²) in [5.41, 5.74) is 0. The van der Waals surface area contributed by atoms with E-state index in [1.165, 1.54) is 0 Å². The second-order valence-corrected chi connectivity index (χ2v) is 8.63. The Kier molecular flexibility index (Phi) is 5.16. The summed E-state index contributed by atoms with van der Waals surface area (Å²) in [5.74, 6) is 0. The smallest absolute Gasteiger partial charge is 0.444 e. The Labute approximate surface area is 87.8 Å². The highest BCUT2D eigenvalue weighted by Gasteiger charge is 2.19. The van der Waals surface area contributed by atoms with Crippen LogP contribution in [0.5, 0.6) is 0 Å². The number of rotatable bonds is 1. The van der Waals surface area contributed by atoms with Gasteiger partial charge in [0.05, 0.1) is 0 Å². The van der Waals surface area contributed by atoms with Crippen molar-refractivity contribution in [3.63, 3.8) is 0 Å². The highest BCUT2D eigenvalue weighted by molar-refractivity contribution is 9.39. The fourth-order valence-corrected chi connectivity index (χ4v) is 0.556. The van der Waals surface area contributed by atoms with Gasteiger partial charge in [-0.05, 0) is 0 Å². The minimum Gasteiger partial charge on any atom is -0.444 e. The molecule has 0 radical (unpaired) electrons. The maximum absolute atomic E-state index is 10.4. The van der Waals surface area contributed by atoms with Gasteiger partial charge in [-0.25, -0.2) is 9.59 Å². The number of ether oxygens (including phenoxy) is 1. The van der Waals surface area contributed by atoms with Crippen LogP contribution in [0.3, 0.4) is 0 Å². The lowest BCUT2D eigenvalue weighted by Gasteiger charge is -2.09. The monoisotopic (exact) mass is 349 g/mol. The number of carbonyl (C=O) groups excluding carboxylic acids is 2. The number of isocyanates is 1. The Hall–Kier alpha value is 0.290. The number of amides is 1. The van der Waals surface area contributed by atoms with E-state index in [0.29, 0.717) is 0 Å². The molecule has 0 spiro atoms. The fourth-order valence-electron chi connectivity index (χ4n) is 0.213. The van der Waals surface area contributed by atoms with Crippen molar-refractivity contribution in [2.45, 2.75) is 2.14 Å². The Morgan fingerprint density at radius 3 is 2.45 bits per heavy atom. The van der Waals surface area contributed by atoms with Gasteiger partial charge in [0, 0.05) is 0 Å². The molecule has 0 aliphatic rings. The van der Waals surface area contributed by atoms with E-state index >= 15 is 0 Å². The molecule has 0 bridgehead atoms. The van der Waals surface area contributed by atoms with Gasteiger partial charge in [-0.1, -0.05) is 52.8 Å². The van der Waals surface area contributed by atoms with Gasteiger partial charge in [-0.3, -0.25) is 0 Å². The van der Waals surface area contributed by atoms with Crippen LogP contribution in [0.25, 0.3) is 0 Å². The summed E-state index contributed by atoms with van der Waals surface area (Å²) < 4.78 is 3.77. The van der Waals surface area contributed by atoms with Crippen LogP contribution < -0.4 is 0 Å². The third kappa shape index (κ3) is 8.19. The highest BCUT2D eigenvalue weighted by Crippen LogP contribution is 2.33. The quantitative estimate of drug-likeness (QED) is 0.414. The first kappa shape index (κ1) is 11.3. The predicted octanol–water partition coefficient (Wildman–Crippen LogP) is 2.30. The summed E-state index contributed by atoms with van der Waals surface area (Å²) in [6.07, 6.45) is 0.0886. The van der Waals surface area contributed by atoms with Crippen LogP contribution in [0.1, 0.15) is 0 Å². The topological polar surface area (TPSA) is 55.7 Å². The zero-order chi connectivity index (χ0) is 8.91. The van der Waals surface area contributed by atoms with Crippen LogP contribution in [0.15, 0.2) is 4.99 Å². The minimum absolute atomic E-state index is 0.00296. The van der Waals surface area contributed by atoms with E-state index in [1.54, 1.807) is 0 Å². The molecule has 0 aliphatic carbocycles. The average Bonchev–Trinajstić information content (AvgIpc) is 1.83. The molecule has 0 heterocycles. The molecule has 0 saturated heterocycles. The Morgan fingerprint density at radius 2 is 2.09 bits per heavy atom. The fraction of sp³-hybridized carbons (Fsp3) is 0.500. The lowest BCUT2D eigenvalue weighted by Crippen LogP contribution is -2.13. The van der Waals surface area contributed by atoms with E-state index in [-0.39, 0.29) is 6.61 Å². The van der Waals surface area contributed by atoms with E-state index < -0.39 is 8.24 Å². The summed E-state index contributed by atoms with van der Waals surface area (Å²) >= 11 is 9.22. The van der Waals surface area contributed by atoms with Gasteiger partial charge < -0.3 is 4.74 Å². The third-order valence-electron chi connectivity index (χ3n) is 0.496.